The van der Waals surface area contributed by atoms with E-state index < -0.39 is 20.6 Å². The average molecular weight is 574 g/mol. The Bertz CT molecular complexity index is 1330. The first-order valence-corrected chi connectivity index (χ1v) is 16.9. The van der Waals surface area contributed by atoms with Crippen LogP contribution in [0.15, 0.2) is 28.4 Å². The van der Waals surface area contributed by atoms with Crippen molar-refractivity contribution in [2.75, 3.05) is 12.3 Å². The maximum Gasteiger partial charge on any atom is 0.200 e. The molecule has 212 valence electrons. The van der Waals surface area contributed by atoms with Gasteiger partial charge in [0.25, 0.3) is 0 Å². The molecule has 3 N–H and O–H groups in total. The van der Waals surface area contributed by atoms with Crippen LogP contribution in [0, 0.1) is 5.82 Å². The van der Waals surface area contributed by atoms with Gasteiger partial charge in [-0.3, -0.25) is 0 Å². The Morgan fingerprint density at radius 2 is 1.79 bits per heavy atom. The molecule has 2 aromatic heterocycles. The molecule has 1 saturated heterocycles. The van der Waals surface area contributed by atoms with Crippen molar-refractivity contribution in [1.82, 2.24) is 19.7 Å². The van der Waals surface area contributed by atoms with Gasteiger partial charge in [0.05, 0.1) is 18.1 Å². The molecular weight excluding hydrogens is 533 g/mol. The molecule has 8 nitrogen and oxygen atoms in total. The molecule has 1 aliphatic carbocycles. The van der Waals surface area contributed by atoms with Crippen LogP contribution in [0.1, 0.15) is 71.7 Å². The lowest BCUT2D eigenvalue weighted by molar-refractivity contribution is -0.0458. The molecule has 0 unspecified atom stereocenters. The Hall–Kier alpha value is -2.05. The van der Waals surface area contributed by atoms with Crippen molar-refractivity contribution in [1.29, 1.82) is 0 Å². The topological polar surface area (TPSA) is 108 Å². The Labute approximate surface area is 235 Å². The number of anilines is 1. The molecule has 39 heavy (non-hydrogen) atoms. The van der Waals surface area contributed by atoms with Crippen molar-refractivity contribution >= 4 is 36.9 Å². The number of hydrogen-bond donors (Lipinski definition) is 2. The predicted molar refractivity (Wildman–Crippen MR) is 154 cm³/mol. The number of fused-ring (bicyclic) bond motifs is 2. The summed E-state index contributed by atoms with van der Waals surface area (Å²) in [5.41, 5.74) is 10.3. The van der Waals surface area contributed by atoms with E-state index in [2.05, 4.69) is 51.5 Å². The summed E-state index contributed by atoms with van der Waals surface area (Å²) in [4.78, 5) is 9.19. The Balaban J connectivity index is 1.49. The van der Waals surface area contributed by atoms with Crippen LogP contribution in [0.2, 0.25) is 16.6 Å². The first-order valence-electron chi connectivity index (χ1n) is 14.0. The summed E-state index contributed by atoms with van der Waals surface area (Å²) in [6, 6.07) is 3.57. The van der Waals surface area contributed by atoms with E-state index in [4.69, 9.17) is 20.0 Å². The Kier molecular flexibility index (Phi) is 8.09. The molecule has 3 atom stereocenters. The molecule has 3 heterocycles. The molecule has 0 amide bonds. The molecule has 0 bridgehead atoms. The summed E-state index contributed by atoms with van der Waals surface area (Å²) in [6.45, 7) is 13.3. The lowest BCUT2D eigenvalue weighted by Crippen LogP contribution is -2.51. The highest BCUT2D eigenvalue weighted by Crippen LogP contribution is 2.46. The number of ether oxygens (including phenoxy) is 1. The summed E-state index contributed by atoms with van der Waals surface area (Å²) >= 11 is 1.24. The molecule has 0 radical (unpaired) electrons. The molecule has 11 heteroatoms. The van der Waals surface area contributed by atoms with Crippen LogP contribution in [0.4, 0.5) is 10.2 Å². The quantitative estimate of drug-likeness (QED) is 0.299. The van der Waals surface area contributed by atoms with Gasteiger partial charge in [-0.15, -0.1) is 0 Å². The fraction of sp³-hybridized carbons (Fsp3) is 0.607. The van der Waals surface area contributed by atoms with Crippen molar-refractivity contribution in [2.24, 2.45) is 0 Å². The Morgan fingerprint density at radius 3 is 2.44 bits per heavy atom. The third-order valence-corrected chi connectivity index (χ3v) is 15.7. The van der Waals surface area contributed by atoms with E-state index in [-0.39, 0.29) is 24.3 Å². The maximum absolute atomic E-state index is 15.1. The van der Waals surface area contributed by atoms with Crippen molar-refractivity contribution in [3.8, 4) is 0 Å². The van der Waals surface area contributed by atoms with Crippen molar-refractivity contribution in [3.63, 3.8) is 0 Å². The number of aryl methyl sites for hydroxylation is 2. The van der Waals surface area contributed by atoms with Crippen LogP contribution in [0.5, 0.6) is 0 Å². The number of aliphatic hydroxyl groups excluding tert-OH is 1. The SMILES string of the molecule is CC(C)[Si](O[C@@H]1C[C@H](n2nc(Sc3cc4c(cc3F)CCC4)c3c(N)ncnc32)O[C@@H]1CO)(C(C)C)C(C)C. The van der Waals surface area contributed by atoms with E-state index in [1.807, 2.05) is 6.07 Å². The zero-order chi connectivity index (χ0) is 28.1. The van der Waals surface area contributed by atoms with Gasteiger partial charge in [-0.1, -0.05) is 53.3 Å². The van der Waals surface area contributed by atoms with E-state index >= 15 is 4.39 Å². The fourth-order valence-corrected chi connectivity index (χ4v) is 13.4. The van der Waals surface area contributed by atoms with Crippen LogP contribution >= 0.6 is 11.8 Å². The van der Waals surface area contributed by atoms with Crippen molar-refractivity contribution in [3.05, 3.63) is 35.4 Å². The van der Waals surface area contributed by atoms with Crippen molar-refractivity contribution < 1.29 is 18.7 Å². The molecular formula is C28H40FN5O3SSi. The highest BCUT2D eigenvalue weighted by molar-refractivity contribution is 7.99. The first-order chi connectivity index (χ1) is 18.6. The van der Waals surface area contributed by atoms with Crippen LogP contribution in [0.3, 0.4) is 0 Å². The summed E-state index contributed by atoms with van der Waals surface area (Å²) in [6.07, 6.45) is 3.57. The molecule has 2 aliphatic rings. The minimum Gasteiger partial charge on any atom is -0.410 e. The van der Waals surface area contributed by atoms with Gasteiger partial charge in [0, 0.05) is 11.3 Å². The van der Waals surface area contributed by atoms with Gasteiger partial charge in [-0.05, 0) is 59.1 Å². The summed E-state index contributed by atoms with van der Waals surface area (Å²) < 4.78 is 30.2. The lowest BCUT2D eigenvalue weighted by atomic mass is 10.1. The van der Waals surface area contributed by atoms with Gasteiger partial charge in [0.2, 0.25) is 8.32 Å². The minimum atomic E-state index is -2.22. The molecule has 0 spiro atoms. The second-order valence-corrected chi connectivity index (χ2v) is 18.2. The van der Waals surface area contributed by atoms with Crippen LogP contribution < -0.4 is 5.73 Å². The van der Waals surface area contributed by atoms with E-state index in [9.17, 15) is 5.11 Å². The third-order valence-electron chi connectivity index (χ3n) is 8.53. The highest BCUT2D eigenvalue weighted by atomic mass is 32.2. The van der Waals surface area contributed by atoms with Gasteiger partial charge in [0.1, 0.15) is 29.1 Å². The third kappa shape index (κ3) is 5.01. The molecule has 0 saturated carbocycles. The normalized spacial score (nSPS) is 21.7. The van der Waals surface area contributed by atoms with Gasteiger partial charge in [-0.2, -0.15) is 5.10 Å². The van der Waals surface area contributed by atoms with E-state index in [0.29, 0.717) is 44.0 Å². The van der Waals surface area contributed by atoms with E-state index in [1.54, 1.807) is 10.7 Å². The van der Waals surface area contributed by atoms with Gasteiger partial charge in [-0.25, -0.2) is 19.0 Å². The van der Waals surface area contributed by atoms with Gasteiger partial charge < -0.3 is 20.0 Å². The number of nitrogens with two attached hydrogens (primary N) is 1. The second-order valence-electron chi connectivity index (χ2n) is 11.7. The smallest absolute Gasteiger partial charge is 0.200 e. The molecule has 3 aromatic rings. The summed E-state index contributed by atoms with van der Waals surface area (Å²) in [7, 11) is -2.22. The van der Waals surface area contributed by atoms with Gasteiger partial charge >= 0.3 is 0 Å². The number of rotatable bonds is 9. The first kappa shape index (κ1) is 28.5. The average Bonchev–Trinajstić information content (AvgIpc) is 3.59. The monoisotopic (exact) mass is 573 g/mol. The number of hydrogen-bond acceptors (Lipinski definition) is 8. The zero-order valence-electron chi connectivity index (χ0n) is 23.6. The van der Waals surface area contributed by atoms with Crippen LogP contribution in [-0.2, 0) is 22.0 Å². The molecule has 1 aromatic carbocycles. The Morgan fingerprint density at radius 1 is 1.13 bits per heavy atom. The van der Waals surface area contributed by atoms with Crippen LogP contribution in [0.25, 0.3) is 11.0 Å². The highest BCUT2D eigenvalue weighted by Gasteiger charge is 2.50. The van der Waals surface area contributed by atoms with Crippen LogP contribution in [-0.4, -0.2) is 52.0 Å². The fourth-order valence-electron chi connectivity index (χ4n) is 6.80. The lowest BCUT2D eigenvalue weighted by Gasteiger charge is -2.44. The summed E-state index contributed by atoms with van der Waals surface area (Å²) in [5, 5.41) is 16.2. The summed E-state index contributed by atoms with van der Waals surface area (Å²) in [5.74, 6) is 0.0210. The standard InChI is InChI=1S/C28H40FN5O3SSi/c1-15(2)39(16(3)4,17(5)6)37-21-12-24(36-22(21)13-35)34-27-25(26(30)31-14-32-27)28(33-34)38-23-11-19-9-7-8-18(19)10-20(23)29/h10-11,14-17,21-22,24,35H,7-9,12-13H2,1-6H3,(H2,30,31,32)/t21-,22-,24-/m1/s1. The predicted octanol–water partition coefficient (Wildman–Crippen LogP) is 6.03. The van der Waals surface area contributed by atoms with E-state index in [0.717, 1.165) is 24.8 Å². The number of aromatic nitrogens is 4. The number of benzene rings is 1. The van der Waals surface area contributed by atoms with E-state index in [1.165, 1.54) is 23.7 Å². The number of nitrogen functional groups attached to an aromatic ring is 1. The molecule has 1 aliphatic heterocycles. The van der Waals surface area contributed by atoms with Gasteiger partial charge in [0.15, 0.2) is 11.9 Å². The minimum absolute atomic E-state index is 0.155. The number of nitrogens with zero attached hydrogens (tertiary/aromatic N) is 4. The molecule has 1 fully saturated rings. The maximum atomic E-state index is 15.1. The number of halogens is 1. The van der Waals surface area contributed by atoms with Crippen molar-refractivity contribution in [2.45, 2.75) is 112 Å². The second kappa shape index (κ2) is 11.1. The largest absolute Gasteiger partial charge is 0.410 e. The number of aliphatic hydroxyl groups is 1. The molecule has 5 rings (SSSR count). The zero-order valence-corrected chi connectivity index (χ0v) is 25.5.